The minimum absolute atomic E-state index is 0.0655. The molecule has 26 heavy (non-hydrogen) atoms. The lowest BCUT2D eigenvalue weighted by Crippen LogP contribution is -2.40. The number of methoxy groups -OCH3 is 1. The van der Waals surface area contributed by atoms with Crippen LogP contribution in [0.3, 0.4) is 0 Å². The molecule has 0 spiro atoms. The second-order valence-corrected chi connectivity index (χ2v) is 6.39. The number of benzene rings is 2. The normalized spacial score (nSPS) is 20.5. The Kier molecular flexibility index (Phi) is 3.84. The van der Waals surface area contributed by atoms with Gasteiger partial charge in [0.2, 0.25) is 0 Å². The van der Waals surface area contributed by atoms with E-state index < -0.39 is 0 Å². The second kappa shape index (κ2) is 6.19. The van der Waals surface area contributed by atoms with Gasteiger partial charge in [-0.15, -0.1) is 0 Å². The van der Waals surface area contributed by atoms with Gasteiger partial charge in [0.1, 0.15) is 11.5 Å². The van der Waals surface area contributed by atoms with Crippen LogP contribution in [0.25, 0.3) is 0 Å². The highest BCUT2D eigenvalue weighted by molar-refractivity contribution is 6.01. The van der Waals surface area contributed by atoms with Crippen LogP contribution in [0, 0.1) is 5.92 Å². The van der Waals surface area contributed by atoms with E-state index in [1.165, 1.54) is 7.11 Å². The molecule has 2 aromatic carbocycles. The van der Waals surface area contributed by atoms with Crippen LogP contribution in [-0.4, -0.2) is 18.8 Å². The first kappa shape index (κ1) is 16.1. The number of hydrogen-bond donors (Lipinski definition) is 2. The molecule has 0 radical (unpaired) electrons. The van der Waals surface area contributed by atoms with Crippen LogP contribution >= 0.6 is 0 Å². The lowest BCUT2D eigenvalue weighted by Gasteiger charge is -2.35. The Bertz CT molecular complexity index is 975. The van der Waals surface area contributed by atoms with E-state index in [0.717, 1.165) is 16.9 Å². The van der Waals surface area contributed by atoms with Crippen LogP contribution in [0.15, 0.2) is 66.5 Å². The summed E-state index contributed by atoms with van der Waals surface area (Å²) < 4.78 is 11.1. The van der Waals surface area contributed by atoms with Gasteiger partial charge >= 0.3 is 5.97 Å². The van der Waals surface area contributed by atoms with Crippen molar-refractivity contribution in [2.24, 2.45) is 5.92 Å². The van der Waals surface area contributed by atoms with Gasteiger partial charge in [0.05, 0.1) is 12.7 Å². The minimum atomic E-state index is -0.361. The molecule has 2 aromatic rings. The van der Waals surface area contributed by atoms with Gasteiger partial charge in [-0.25, -0.2) is 4.79 Å². The van der Waals surface area contributed by atoms with Gasteiger partial charge in [-0.3, -0.25) is 5.41 Å². The van der Waals surface area contributed by atoms with Crippen molar-refractivity contribution in [3.8, 4) is 5.75 Å². The maximum atomic E-state index is 12.3. The zero-order chi connectivity index (χ0) is 18.3. The summed E-state index contributed by atoms with van der Waals surface area (Å²) in [5.74, 6) is 0.892. The zero-order valence-electron chi connectivity index (χ0n) is 14.3. The largest absolute Gasteiger partial charge is 0.465 e. The number of ether oxygens (including phenoxy) is 2. The molecule has 130 valence electrons. The summed E-state index contributed by atoms with van der Waals surface area (Å²) in [5.41, 5.74) is 9.59. The van der Waals surface area contributed by atoms with Crippen molar-refractivity contribution >= 4 is 17.4 Å². The highest BCUT2D eigenvalue weighted by atomic mass is 16.5. The molecule has 0 aromatic heterocycles. The molecule has 5 nitrogen and oxygen atoms in total. The third kappa shape index (κ3) is 2.58. The highest BCUT2D eigenvalue weighted by Gasteiger charge is 2.38. The summed E-state index contributed by atoms with van der Waals surface area (Å²) in [6.45, 7) is 0. The van der Waals surface area contributed by atoms with E-state index in [1.54, 1.807) is 12.1 Å². The SMILES string of the molecule is COC(=O)c1ccccc1C1c2ccc(N)cc2OC2=CC(=[NH2+])C=CC21. The fourth-order valence-corrected chi connectivity index (χ4v) is 3.63. The second-order valence-electron chi connectivity index (χ2n) is 6.39. The lowest BCUT2D eigenvalue weighted by molar-refractivity contribution is -0.110. The Morgan fingerprint density at radius 2 is 2.00 bits per heavy atom. The molecule has 0 fully saturated rings. The number of fused-ring (bicyclic) bond motifs is 2. The molecule has 5 heteroatoms. The van der Waals surface area contributed by atoms with E-state index in [9.17, 15) is 4.79 Å². The van der Waals surface area contributed by atoms with E-state index in [1.807, 2.05) is 48.6 Å². The molecule has 0 saturated heterocycles. The van der Waals surface area contributed by atoms with E-state index in [2.05, 4.69) is 0 Å². The van der Waals surface area contributed by atoms with Gasteiger partial charge in [-0.2, -0.15) is 0 Å². The Morgan fingerprint density at radius 3 is 2.81 bits per heavy atom. The number of nitrogen functional groups attached to an aromatic ring is 1. The fraction of sp³-hybridized carbons (Fsp3) is 0.143. The standard InChI is InChI=1S/C21H18N2O3/c1-25-21(24)15-5-3-2-4-14(15)20-16-8-6-12(22)10-18(16)26-19-11-13(23)7-9-17(19)20/h2-11,16,20,22H,23H2,1H3/p+1. The van der Waals surface area contributed by atoms with Crippen molar-refractivity contribution in [1.29, 1.82) is 0 Å². The molecular formula is C21H19N2O3+. The van der Waals surface area contributed by atoms with Crippen molar-refractivity contribution in [3.63, 3.8) is 0 Å². The average molecular weight is 347 g/mol. The third-order valence-electron chi connectivity index (χ3n) is 4.79. The molecule has 2 aliphatic rings. The van der Waals surface area contributed by atoms with Crippen LogP contribution in [0.2, 0.25) is 0 Å². The quantitative estimate of drug-likeness (QED) is 0.641. The van der Waals surface area contributed by atoms with Gasteiger partial charge in [0, 0.05) is 41.3 Å². The van der Waals surface area contributed by atoms with E-state index in [-0.39, 0.29) is 17.8 Å². The predicted octanol–water partition coefficient (Wildman–Crippen LogP) is 1.85. The van der Waals surface area contributed by atoms with Crippen LogP contribution in [-0.2, 0) is 4.74 Å². The summed E-state index contributed by atoms with van der Waals surface area (Å²) in [4.78, 5) is 12.3. The molecule has 0 amide bonds. The maximum absolute atomic E-state index is 12.3. The minimum Gasteiger partial charge on any atom is -0.465 e. The van der Waals surface area contributed by atoms with Gasteiger partial charge in [0.15, 0.2) is 5.71 Å². The Labute approximate surface area is 151 Å². The van der Waals surface area contributed by atoms with Crippen molar-refractivity contribution in [2.45, 2.75) is 5.92 Å². The van der Waals surface area contributed by atoms with Gasteiger partial charge in [0.25, 0.3) is 0 Å². The molecule has 4 rings (SSSR count). The van der Waals surface area contributed by atoms with Gasteiger partial charge in [-0.1, -0.05) is 30.3 Å². The monoisotopic (exact) mass is 347 g/mol. The first-order valence-corrected chi connectivity index (χ1v) is 8.35. The van der Waals surface area contributed by atoms with Crippen molar-refractivity contribution in [1.82, 2.24) is 0 Å². The highest BCUT2D eigenvalue weighted by Crippen LogP contribution is 2.48. The summed E-state index contributed by atoms with van der Waals surface area (Å²) in [7, 11) is 1.39. The molecular weight excluding hydrogens is 328 g/mol. The number of hydrogen-bond acceptors (Lipinski definition) is 4. The summed E-state index contributed by atoms with van der Waals surface area (Å²) in [6, 6.07) is 13.1. The van der Waals surface area contributed by atoms with E-state index in [4.69, 9.17) is 20.6 Å². The lowest BCUT2D eigenvalue weighted by atomic mass is 9.74. The van der Waals surface area contributed by atoms with Crippen LogP contribution in [0.5, 0.6) is 5.75 Å². The number of allylic oxidation sites excluding steroid dienone is 3. The molecule has 2 atom stereocenters. The Hall–Kier alpha value is -3.34. The molecule has 1 aliphatic heterocycles. The van der Waals surface area contributed by atoms with E-state index in [0.29, 0.717) is 22.7 Å². The molecule has 1 aliphatic carbocycles. The Balaban J connectivity index is 1.95. The smallest absolute Gasteiger partial charge is 0.338 e. The van der Waals surface area contributed by atoms with Gasteiger partial charge < -0.3 is 15.2 Å². The number of nitrogens with two attached hydrogens (primary N) is 2. The summed E-state index contributed by atoms with van der Waals surface area (Å²) in [5, 5.41) is 5.95. The topological polar surface area (TPSA) is 87.1 Å². The van der Waals surface area contributed by atoms with Crippen molar-refractivity contribution in [3.05, 3.63) is 83.1 Å². The number of esters is 1. The summed E-state index contributed by atoms with van der Waals surface area (Å²) >= 11 is 0. The number of rotatable bonds is 2. The number of carbonyl (C=O) groups is 1. The Morgan fingerprint density at radius 1 is 1.19 bits per heavy atom. The summed E-state index contributed by atoms with van der Waals surface area (Å²) in [6.07, 6.45) is 5.71. The molecule has 0 saturated carbocycles. The molecule has 1 heterocycles. The van der Waals surface area contributed by atoms with Crippen LogP contribution < -0.4 is 15.9 Å². The number of anilines is 1. The molecule has 2 unspecified atom stereocenters. The van der Waals surface area contributed by atoms with E-state index >= 15 is 0 Å². The first-order chi connectivity index (χ1) is 12.6. The van der Waals surface area contributed by atoms with Crippen molar-refractivity contribution in [2.75, 3.05) is 12.8 Å². The predicted molar refractivity (Wildman–Crippen MR) is 98.8 cm³/mol. The fourth-order valence-electron chi connectivity index (χ4n) is 3.63. The maximum Gasteiger partial charge on any atom is 0.338 e. The molecule has 0 bridgehead atoms. The van der Waals surface area contributed by atoms with Crippen LogP contribution in [0.4, 0.5) is 5.69 Å². The van der Waals surface area contributed by atoms with Crippen LogP contribution in [0.1, 0.15) is 27.4 Å². The van der Waals surface area contributed by atoms with Gasteiger partial charge in [-0.05, 0) is 17.7 Å². The average Bonchev–Trinajstić information content (AvgIpc) is 2.65. The zero-order valence-corrected chi connectivity index (χ0v) is 14.3. The molecule has 4 N–H and O–H groups in total. The number of carbonyl (C=O) groups excluding carboxylic acids is 1. The van der Waals surface area contributed by atoms with Crippen molar-refractivity contribution < 1.29 is 19.7 Å². The first-order valence-electron chi connectivity index (χ1n) is 8.35. The third-order valence-corrected chi connectivity index (χ3v) is 4.79.